The number of hydrogen-bond donors (Lipinski definition) is 2. The van der Waals surface area contributed by atoms with Gasteiger partial charge in [0.05, 0.1) is 11.9 Å². The number of benzene rings is 1. The van der Waals surface area contributed by atoms with Crippen LogP contribution in [0.1, 0.15) is 20.9 Å². The molecule has 0 radical (unpaired) electrons. The van der Waals surface area contributed by atoms with Gasteiger partial charge in [0.2, 0.25) is 0 Å². The summed E-state index contributed by atoms with van der Waals surface area (Å²) in [5, 5.41) is 12.8. The van der Waals surface area contributed by atoms with E-state index in [9.17, 15) is 4.79 Å². The predicted octanol–water partition coefficient (Wildman–Crippen LogP) is 3.21. The summed E-state index contributed by atoms with van der Waals surface area (Å²) >= 11 is 1.55. The predicted molar refractivity (Wildman–Crippen MR) is 88.1 cm³/mol. The first kappa shape index (κ1) is 14.2. The van der Waals surface area contributed by atoms with Crippen molar-refractivity contribution in [3.8, 4) is 11.3 Å². The van der Waals surface area contributed by atoms with Crippen LogP contribution in [-0.2, 0) is 0 Å². The van der Waals surface area contributed by atoms with Crippen molar-refractivity contribution in [1.29, 1.82) is 0 Å². The molecule has 1 aromatic carbocycles. The highest BCUT2D eigenvalue weighted by atomic mass is 32.1. The number of hydrogen-bond acceptors (Lipinski definition) is 4. The molecule has 3 rings (SSSR count). The van der Waals surface area contributed by atoms with Gasteiger partial charge in [0.1, 0.15) is 5.69 Å². The fraction of sp³-hybridized carbons (Fsp3) is 0.0625. The quantitative estimate of drug-likeness (QED) is 0.574. The minimum absolute atomic E-state index is 0.321. The van der Waals surface area contributed by atoms with Crippen LogP contribution >= 0.6 is 11.3 Å². The van der Waals surface area contributed by atoms with Gasteiger partial charge >= 0.3 is 0 Å². The molecule has 0 unspecified atom stereocenters. The number of amides is 1. The van der Waals surface area contributed by atoms with Gasteiger partial charge in [-0.25, -0.2) is 5.43 Å². The van der Waals surface area contributed by atoms with Gasteiger partial charge in [0.25, 0.3) is 5.91 Å². The van der Waals surface area contributed by atoms with Crippen molar-refractivity contribution in [2.45, 2.75) is 6.92 Å². The molecule has 1 amide bonds. The number of carbonyl (C=O) groups is 1. The first-order valence-corrected chi connectivity index (χ1v) is 7.60. The summed E-state index contributed by atoms with van der Waals surface area (Å²) in [6, 6.07) is 13.5. The summed E-state index contributed by atoms with van der Waals surface area (Å²) in [5.41, 5.74) is 5.72. The first-order valence-electron chi connectivity index (χ1n) is 6.72. The van der Waals surface area contributed by atoms with Crippen molar-refractivity contribution < 1.29 is 4.79 Å². The molecule has 0 spiro atoms. The minimum Gasteiger partial charge on any atom is -0.272 e. The maximum Gasteiger partial charge on any atom is 0.289 e. The number of rotatable bonds is 4. The Balaban J connectivity index is 1.68. The molecule has 0 fully saturated rings. The minimum atomic E-state index is -0.321. The van der Waals surface area contributed by atoms with E-state index >= 15 is 0 Å². The zero-order chi connectivity index (χ0) is 15.4. The van der Waals surface area contributed by atoms with E-state index in [2.05, 4.69) is 20.7 Å². The van der Waals surface area contributed by atoms with Crippen molar-refractivity contribution in [3.63, 3.8) is 0 Å². The van der Waals surface area contributed by atoms with Crippen molar-refractivity contribution in [1.82, 2.24) is 15.6 Å². The molecule has 0 aliphatic carbocycles. The van der Waals surface area contributed by atoms with Gasteiger partial charge in [-0.05, 0) is 24.4 Å². The van der Waals surface area contributed by atoms with Gasteiger partial charge in [-0.15, -0.1) is 11.3 Å². The molecular weight excluding hydrogens is 296 g/mol. The summed E-state index contributed by atoms with van der Waals surface area (Å²) < 4.78 is 0. The Bertz CT molecular complexity index is 788. The lowest BCUT2D eigenvalue weighted by molar-refractivity contribution is 0.0950. The molecule has 2 N–H and O–H groups in total. The average molecular weight is 310 g/mol. The number of hydrazone groups is 1. The zero-order valence-electron chi connectivity index (χ0n) is 11.9. The molecule has 22 heavy (non-hydrogen) atoms. The first-order chi connectivity index (χ1) is 10.7. The van der Waals surface area contributed by atoms with Gasteiger partial charge in [-0.3, -0.25) is 9.89 Å². The Morgan fingerprint density at radius 1 is 1.32 bits per heavy atom. The number of H-pyrrole nitrogens is 1. The summed E-state index contributed by atoms with van der Waals surface area (Å²) in [4.78, 5) is 13.0. The maximum absolute atomic E-state index is 12.0. The lowest BCUT2D eigenvalue weighted by Gasteiger charge is -1.96. The largest absolute Gasteiger partial charge is 0.289 e. The molecular formula is C16H14N4OS. The van der Waals surface area contributed by atoms with Gasteiger partial charge in [0.15, 0.2) is 0 Å². The van der Waals surface area contributed by atoms with Crippen molar-refractivity contribution >= 4 is 23.5 Å². The van der Waals surface area contributed by atoms with Crippen molar-refractivity contribution in [2.24, 2.45) is 5.10 Å². The number of aromatic amines is 1. The van der Waals surface area contributed by atoms with Crippen LogP contribution < -0.4 is 5.43 Å². The van der Waals surface area contributed by atoms with Crippen LogP contribution in [-0.4, -0.2) is 22.3 Å². The standard InChI is InChI=1S/C16H14N4OS/c1-11-4-6-12(7-5-11)14-9-15(19-18-14)16(21)20-17-10-13-3-2-8-22-13/h2-10H,1H3,(H,18,19)(H,20,21)/b17-10-. The SMILES string of the molecule is Cc1ccc(-c2cc(C(=O)N/N=C\c3cccs3)[nH]n2)cc1. The Kier molecular flexibility index (Phi) is 4.11. The van der Waals surface area contributed by atoms with Crippen LogP contribution in [0.4, 0.5) is 0 Å². The number of nitrogens with zero attached hydrogens (tertiary/aromatic N) is 2. The Morgan fingerprint density at radius 3 is 2.86 bits per heavy atom. The van der Waals surface area contributed by atoms with Gasteiger partial charge < -0.3 is 0 Å². The smallest absolute Gasteiger partial charge is 0.272 e. The van der Waals surface area contributed by atoms with E-state index in [4.69, 9.17) is 0 Å². The Morgan fingerprint density at radius 2 is 2.14 bits per heavy atom. The second-order valence-corrected chi connectivity index (χ2v) is 5.73. The average Bonchev–Trinajstić information content (AvgIpc) is 3.19. The van der Waals surface area contributed by atoms with Crippen LogP contribution in [0.5, 0.6) is 0 Å². The second kappa shape index (κ2) is 6.36. The monoisotopic (exact) mass is 310 g/mol. The number of nitrogens with one attached hydrogen (secondary N) is 2. The molecule has 0 atom stereocenters. The van der Waals surface area contributed by atoms with Crippen LogP contribution in [0.15, 0.2) is 52.9 Å². The Labute approximate surface area is 131 Å². The maximum atomic E-state index is 12.0. The molecule has 2 heterocycles. The van der Waals surface area contributed by atoms with E-state index in [1.54, 1.807) is 23.6 Å². The zero-order valence-corrected chi connectivity index (χ0v) is 12.7. The van der Waals surface area contributed by atoms with E-state index in [0.717, 1.165) is 16.1 Å². The molecule has 0 bridgehead atoms. The number of thiophene rings is 1. The number of aromatic nitrogens is 2. The summed E-state index contributed by atoms with van der Waals surface area (Å²) in [6.07, 6.45) is 1.61. The van der Waals surface area contributed by atoms with E-state index < -0.39 is 0 Å². The van der Waals surface area contributed by atoms with Gasteiger partial charge in [0, 0.05) is 10.4 Å². The Hall–Kier alpha value is -2.73. The second-order valence-electron chi connectivity index (χ2n) is 4.75. The van der Waals surface area contributed by atoms with E-state index in [0.29, 0.717) is 5.69 Å². The molecule has 5 nitrogen and oxygen atoms in total. The highest BCUT2D eigenvalue weighted by molar-refractivity contribution is 7.11. The molecule has 3 aromatic rings. The summed E-state index contributed by atoms with van der Waals surface area (Å²) in [7, 11) is 0. The van der Waals surface area contributed by atoms with Crippen LogP contribution in [0, 0.1) is 6.92 Å². The summed E-state index contributed by atoms with van der Waals surface area (Å²) in [6.45, 7) is 2.03. The third-order valence-corrected chi connectivity index (χ3v) is 3.88. The van der Waals surface area contributed by atoms with Crippen LogP contribution in [0.2, 0.25) is 0 Å². The normalized spacial score (nSPS) is 11.0. The topological polar surface area (TPSA) is 70.1 Å². The highest BCUT2D eigenvalue weighted by Crippen LogP contribution is 2.18. The van der Waals surface area contributed by atoms with Crippen LogP contribution in [0.3, 0.4) is 0 Å². The molecule has 0 aliphatic rings. The lowest BCUT2D eigenvalue weighted by atomic mass is 10.1. The lowest BCUT2D eigenvalue weighted by Crippen LogP contribution is -2.17. The number of carbonyl (C=O) groups excluding carboxylic acids is 1. The summed E-state index contributed by atoms with van der Waals surface area (Å²) in [5.74, 6) is -0.321. The highest BCUT2D eigenvalue weighted by Gasteiger charge is 2.10. The third-order valence-electron chi connectivity index (χ3n) is 3.07. The van der Waals surface area contributed by atoms with Crippen LogP contribution in [0.25, 0.3) is 11.3 Å². The van der Waals surface area contributed by atoms with E-state index in [1.165, 1.54) is 5.56 Å². The molecule has 0 saturated carbocycles. The third kappa shape index (κ3) is 3.29. The van der Waals surface area contributed by atoms with E-state index in [-0.39, 0.29) is 5.91 Å². The fourth-order valence-corrected chi connectivity index (χ4v) is 2.47. The van der Waals surface area contributed by atoms with Gasteiger partial charge in [-0.1, -0.05) is 35.9 Å². The number of aryl methyl sites for hydroxylation is 1. The molecule has 0 saturated heterocycles. The molecule has 0 aliphatic heterocycles. The molecule has 6 heteroatoms. The van der Waals surface area contributed by atoms with Crippen molar-refractivity contribution in [3.05, 3.63) is 64.0 Å². The fourth-order valence-electron chi connectivity index (χ4n) is 1.89. The van der Waals surface area contributed by atoms with Gasteiger partial charge in [-0.2, -0.15) is 10.2 Å². The molecule has 110 valence electrons. The van der Waals surface area contributed by atoms with Crippen molar-refractivity contribution in [2.75, 3.05) is 0 Å². The van der Waals surface area contributed by atoms with E-state index in [1.807, 2.05) is 48.7 Å². The molecule has 2 aromatic heterocycles.